The Morgan fingerprint density at radius 3 is 2.54 bits per heavy atom. The number of hydrogen-bond acceptors (Lipinski definition) is 4. The lowest BCUT2D eigenvalue weighted by Gasteiger charge is -2.30. The molecule has 0 spiro atoms. The third-order valence-corrected chi connectivity index (χ3v) is 7.04. The standard InChI is InChI=1S/C18H24N4O3S/c1-2-25-15-7-5-14(6-8-15)18-16-13-22(12-9-17(16)19-20-18)26(23,24)21-10-3-4-11-21/h5-8H,2-4,9-13H2,1H3,(H,19,20). The maximum Gasteiger partial charge on any atom is 0.282 e. The second-order valence-electron chi connectivity index (χ2n) is 6.68. The Bertz CT molecular complexity index is 870. The van der Waals surface area contributed by atoms with Gasteiger partial charge in [-0.05, 0) is 44.0 Å². The third kappa shape index (κ3) is 3.13. The lowest BCUT2D eigenvalue weighted by atomic mass is 10.0. The molecule has 1 aromatic heterocycles. The number of nitrogens with one attached hydrogen (secondary N) is 1. The van der Waals surface area contributed by atoms with Gasteiger partial charge < -0.3 is 4.74 Å². The van der Waals surface area contributed by atoms with Crippen LogP contribution in [-0.4, -0.2) is 53.5 Å². The van der Waals surface area contributed by atoms with Crippen LogP contribution >= 0.6 is 0 Å². The van der Waals surface area contributed by atoms with Gasteiger partial charge in [-0.1, -0.05) is 0 Å². The number of rotatable bonds is 5. The molecule has 8 heteroatoms. The van der Waals surface area contributed by atoms with Gasteiger partial charge in [0.1, 0.15) is 5.75 Å². The molecule has 4 rings (SSSR count). The van der Waals surface area contributed by atoms with E-state index >= 15 is 0 Å². The highest BCUT2D eigenvalue weighted by Crippen LogP contribution is 2.31. The van der Waals surface area contributed by atoms with Gasteiger partial charge in [-0.2, -0.15) is 22.1 Å². The van der Waals surface area contributed by atoms with E-state index in [0.717, 1.165) is 41.1 Å². The van der Waals surface area contributed by atoms with E-state index in [1.165, 1.54) is 0 Å². The molecule has 1 N–H and O–H groups in total. The summed E-state index contributed by atoms with van der Waals surface area (Å²) in [5, 5.41) is 7.55. The Balaban J connectivity index is 1.60. The number of aromatic amines is 1. The summed E-state index contributed by atoms with van der Waals surface area (Å²) in [7, 11) is -3.39. The van der Waals surface area contributed by atoms with Gasteiger partial charge in [-0.25, -0.2) is 0 Å². The number of benzene rings is 1. The van der Waals surface area contributed by atoms with Gasteiger partial charge in [0.25, 0.3) is 10.2 Å². The molecular formula is C18H24N4O3S. The van der Waals surface area contributed by atoms with Crippen molar-refractivity contribution in [3.05, 3.63) is 35.5 Å². The van der Waals surface area contributed by atoms with Crippen molar-refractivity contribution >= 4 is 10.2 Å². The number of nitrogens with zero attached hydrogens (tertiary/aromatic N) is 3. The molecule has 0 unspecified atom stereocenters. The Morgan fingerprint density at radius 2 is 1.85 bits per heavy atom. The molecule has 0 amide bonds. The first-order valence-corrected chi connectivity index (χ1v) is 10.5. The number of aromatic nitrogens is 2. The highest BCUT2D eigenvalue weighted by Gasteiger charge is 2.35. The molecular weight excluding hydrogens is 352 g/mol. The van der Waals surface area contributed by atoms with Gasteiger partial charge in [0, 0.05) is 49.4 Å². The maximum absolute atomic E-state index is 12.9. The highest BCUT2D eigenvalue weighted by atomic mass is 32.2. The molecule has 0 radical (unpaired) electrons. The van der Waals surface area contributed by atoms with Crippen molar-refractivity contribution in [3.63, 3.8) is 0 Å². The zero-order valence-corrected chi connectivity index (χ0v) is 15.8. The average Bonchev–Trinajstić information content (AvgIpc) is 3.32. The SMILES string of the molecule is CCOc1ccc(-c2n[nH]c3c2CN(S(=O)(=O)N2CCCC2)CC3)cc1. The summed E-state index contributed by atoms with van der Waals surface area (Å²) in [5.41, 5.74) is 3.79. The van der Waals surface area contributed by atoms with Crippen molar-refractivity contribution in [2.45, 2.75) is 32.7 Å². The van der Waals surface area contributed by atoms with Gasteiger partial charge in [-0.3, -0.25) is 5.10 Å². The molecule has 2 aromatic rings. The van der Waals surface area contributed by atoms with Crippen molar-refractivity contribution in [2.24, 2.45) is 0 Å². The lowest BCUT2D eigenvalue weighted by molar-refractivity contribution is 0.340. The zero-order valence-electron chi connectivity index (χ0n) is 14.9. The molecule has 26 heavy (non-hydrogen) atoms. The molecule has 1 fully saturated rings. The number of ether oxygens (including phenoxy) is 1. The fourth-order valence-corrected chi connectivity index (χ4v) is 5.32. The van der Waals surface area contributed by atoms with E-state index in [2.05, 4.69) is 10.2 Å². The third-order valence-electron chi connectivity index (χ3n) is 5.05. The van der Waals surface area contributed by atoms with Crippen molar-refractivity contribution < 1.29 is 13.2 Å². The van der Waals surface area contributed by atoms with Crippen LogP contribution in [0.4, 0.5) is 0 Å². The summed E-state index contributed by atoms with van der Waals surface area (Å²) in [6.07, 6.45) is 2.55. The van der Waals surface area contributed by atoms with E-state index in [1.54, 1.807) is 8.61 Å². The summed E-state index contributed by atoms with van der Waals surface area (Å²) < 4.78 is 34.5. The molecule has 2 aliphatic heterocycles. The van der Waals surface area contributed by atoms with E-state index in [1.807, 2.05) is 31.2 Å². The quantitative estimate of drug-likeness (QED) is 0.867. The Kier molecular flexibility index (Phi) is 4.73. The van der Waals surface area contributed by atoms with Crippen molar-refractivity contribution in [1.82, 2.24) is 18.8 Å². The van der Waals surface area contributed by atoms with Gasteiger partial charge in [0.2, 0.25) is 0 Å². The lowest BCUT2D eigenvalue weighted by Crippen LogP contribution is -2.44. The molecule has 1 aromatic carbocycles. The molecule has 0 atom stereocenters. The van der Waals surface area contributed by atoms with Crippen LogP contribution < -0.4 is 4.74 Å². The zero-order chi connectivity index (χ0) is 18.1. The molecule has 3 heterocycles. The van der Waals surface area contributed by atoms with Crippen molar-refractivity contribution in [1.29, 1.82) is 0 Å². The predicted octanol–water partition coefficient (Wildman–Crippen LogP) is 2.17. The van der Waals surface area contributed by atoms with Crippen molar-refractivity contribution in [2.75, 3.05) is 26.2 Å². The molecule has 1 saturated heterocycles. The predicted molar refractivity (Wildman–Crippen MR) is 99.0 cm³/mol. The molecule has 0 saturated carbocycles. The summed E-state index contributed by atoms with van der Waals surface area (Å²) >= 11 is 0. The van der Waals surface area contributed by atoms with Crippen LogP contribution in [0, 0.1) is 0 Å². The number of fused-ring (bicyclic) bond motifs is 1. The Hall–Kier alpha value is -1.90. The van der Waals surface area contributed by atoms with E-state index in [-0.39, 0.29) is 0 Å². The monoisotopic (exact) mass is 376 g/mol. The first-order chi connectivity index (χ1) is 12.6. The normalized spacial score (nSPS) is 18.8. The van der Waals surface area contributed by atoms with Crippen LogP contribution in [0.25, 0.3) is 11.3 Å². The van der Waals surface area contributed by atoms with Gasteiger partial charge in [0.15, 0.2) is 0 Å². The number of hydrogen-bond donors (Lipinski definition) is 1. The van der Waals surface area contributed by atoms with E-state index in [9.17, 15) is 8.42 Å². The van der Waals surface area contributed by atoms with Gasteiger partial charge in [0.05, 0.1) is 12.3 Å². The minimum absolute atomic E-state index is 0.368. The first kappa shape index (κ1) is 17.5. The molecule has 0 bridgehead atoms. The van der Waals surface area contributed by atoms with Crippen LogP contribution in [0.2, 0.25) is 0 Å². The van der Waals surface area contributed by atoms with Crippen LogP contribution in [0.5, 0.6) is 5.75 Å². The smallest absolute Gasteiger partial charge is 0.282 e. The van der Waals surface area contributed by atoms with Crippen molar-refractivity contribution in [3.8, 4) is 17.0 Å². The average molecular weight is 376 g/mol. The minimum Gasteiger partial charge on any atom is -0.494 e. The highest BCUT2D eigenvalue weighted by molar-refractivity contribution is 7.86. The summed E-state index contributed by atoms with van der Waals surface area (Å²) in [6, 6.07) is 7.77. The Morgan fingerprint density at radius 1 is 1.12 bits per heavy atom. The van der Waals surface area contributed by atoms with Gasteiger partial charge >= 0.3 is 0 Å². The molecule has 0 aliphatic carbocycles. The van der Waals surface area contributed by atoms with Crippen LogP contribution in [0.1, 0.15) is 31.0 Å². The first-order valence-electron chi connectivity index (χ1n) is 9.14. The minimum atomic E-state index is -3.39. The van der Waals surface area contributed by atoms with E-state index in [4.69, 9.17) is 4.74 Å². The second kappa shape index (κ2) is 7.02. The summed E-state index contributed by atoms with van der Waals surface area (Å²) in [4.78, 5) is 0. The van der Waals surface area contributed by atoms with E-state index < -0.39 is 10.2 Å². The van der Waals surface area contributed by atoms with Crippen LogP contribution in [0.15, 0.2) is 24.3 Å². The maximum atomic E-state index is 12.9. The van der Waals surface area contributed by atoms with E-state index in [0.29, 0.717) is 39.2 Å². The molecule has 2 aliphatic rings. The van der Waals surface area contributed by atoms with Crippen LogP contribution in [0.3, 0.4) is 0 Å². The summed E-state index contributed by atoms with van der Waals surface area (Å²) in [6.45, 7) is 4.70. The fraction of sp³-hybridized carbons (Fsp3) is 0.500. The molecule has 140 valence electrons. The second-order valence-corrected chi connectivity index (χ2v) is 8.61. The topological polar surface area (TPSA) is 78.5 Å². The van der Waals surface area contributed by atoms with Gasteiger partial charge in [-0.15, -0.1) is 0 Å². The largest absolute Gasteiger partial charge is 0.494 e. The molecule has 7 nitrogen and oxygen atoms in total. The fourth-order valence-electron chi connectivity index (χ4n) is 3.66. The number of H-pyrrole nitrogens is 1. The summed E-state index contributed by atoms with van der Waals surface area (Å²) in [5.74, 6) is 0.818. The Labute approximate surface area is 154 Å². The van der Waals surface area contributed by atoms with Crippen LogP contribution in [-0.2, 0) is 23.2 Å².